The molecule has 0 radical (unpaired) electrons. The van der Waals surface area contributed by atoms with E-state index in [0.29, 0.717) is 23.8 Å². The number of ether oxygens (including phenoxy) is 1. The lowest BCUT2D eigenvalue weighted by Crippen LogP contribution is -2.15. The fraction of sp³-hybridized carbons (Fsp3) is 0.304. The van der Waals surface area contributed by atoms with Gasteiger partial charge in [-0.15, -0.1) is 0 Å². The lowest BCUT2D eigenvalue weighted by Gasteiger charge is -2.11. The van der Waals surface area contributed by atoms with E-state index in [4.69, 9.17) is 9.15 Å². The summed E-state index contributed by atoms with van der Waals surface area (Å²) in [5, 5.41) is 3.88. The number of hydrogen-bond donors (Lipinski definition) is 1. The number of carbonyl (C=O) groups excluding carboxylic acids is 2. The summed E-state index contributed by atoms with van der Waals surface area (Å²) in [7, 11) is 0. The van der Waals surface area contributed by atoms with Crippen LogP contribution in [-0.4, -0.2) is 18.5 Å². The molecule has 1 N–H and O–H groups in total. The zero-order chi connectivity index (χ0) is 19.7. The van der Waals surface area contributed by atoms with Gasteiger partial charge >= 0.3 is 5.97 Å². The number of hydrogen-bond acceptors (Lipinski definition) is 4. The highest BCUT2D eigenvalue weighted by molar-refractivity contribution is 6.07. The maximum absolute atomic E-state index is 12.9. The molecule has 3 aromatic rings. The summed E-state index contributed by atoms with van der Waals surface area (Å²) in [5.74, 6) is 1.01. The van der Waals surface area contributed by atoms with Crippen LogP contribution < -0.4 is 5.32 Å². The van der Waals surface area contributed by atoms with Gasteiger partial charge in [-0.25, -0.2) is 0 Å². The molecule has 144 valence electrons. The van der Waals surface area contributed by atoms with E-state index in [1.807, 2.05) is 43.3 Å². The van der Waals surface area contributed by atoms with Crippen molar-refractivity contribution in [2.75, 3.05) is 11.9 Å². The maximum atomic E-state index is 12.9. The molecule has 0 spiro atoms. The second kappa shape index (κ2) is 7.50. The predicted molar refractivity (Wildman–Crippen MR) is 108 cm³/mol. The van der Waals surface area contributed by atoms with Crippen LogP contribution in [0.3, 0.4) is 0 Å². The van der Waals surface area contributed by atoms with Gasteiger partial charge in [0.05, 0.1) is 13.0 Å². The summed E-state index contributed by atoms with van der Waals surface area (Å²) in [5.41, 5.74) is 3.70. The number of aryl methyl sites for hydroxylation is 1. The highest BCUT2D eigenvalue weighted by Crippen LogP contribution is 2.42. The van der Waals surface area contributed by atoms with Crippen molar-refractivity contribution < 1.29 is 18.7 Å². The van der Waals surface area contributed by atoms with Crippen LogP contribution in [0.5, 0.6) is 0 Å². The van der Waals surface area contributed by atoms with E-state index in [1.165, 1.54) is 12.8 Å². The fourth-order valence-corrected chi connectivity index (χ4v) is 3.41. The summed E-state index contributed by atoms with van der Waals surface area (Å²) in [6, 6.07) is 13.0. The summed E-state index contributed by atoms with van der Waals surface area (Å²) in [6.07, 6.45) is 2.46. The van der Waals surface area contributed by atoms with Crippen molar-refractivity contribution >= 4 is 28.5 Å². The number of amides is 1. The van der Waals surface area contributed by atoms with Crippen molar-refractivity contribution in [3.63, 3.8) is 0 Å². The number of nitrogens with one attached hydrogen (secondary N) is 1. The molecule has 0 atom stereocenters. The Hall–Kier alpha value is -3.08. The van der Waals surface area contributed by atoms with E-state index in [9.17, 15) is 9.59 Å². The molecule has 1 heterocycles. The van der Waals surface area contributed by atoms with Gasteiger partial charge in [0.25, 0.3) is 5.91 Å². The number of rotatable bonds is 6. The van der Waals surface area contributed by atoms with Crippen LogP contribution in [0.4, 0.5) is 5.69 Å². The topological polar surface area (TPSA) is 68.5 Å². The smallest absolute Gasteiger partial charge is 0.310 e. The van der Waals surface area contributed by atoms with Gasteiger partial charge in [-0.2, -0.15) is 0 Å². The van der Waals surface area contributed by atoms with Crippen molar-refractivity contribution in [2.45, 2.75) is 39.0 Å². The van der Waals surface area contributed by atoms with Crippen LogP contribution in [0.15, 0.2) is 46.9 Å². The lowest BCUT2D eigenvalue weighted by atomic mass is 10.1. The number of fused-ring (bicyclic) bond motifs is 1. The molecule has 1 aromatic heterocycles. The molecule has 1 amide bonds. The number of esters is 1. The number of furan rings is 1. The zero-order valence-electron chi connectivity index (χ0n) is 16.1. The number of benzene rings is 2. The van der Waals surface area contributed by atoms with E-state index in [-0.39, 0.29) is 18.3 Å². The standard InChI is InChI=1S/C23H23NO4/c1-3-27-21(25)13-16-6-4-5-7-19(16)24-23(26)18-10-14(2)22-17(11-18)12-20(28-22)15-8-9-15/h4-7,10-12,15H,3,8-9,13H2,1-2H3,(H,24,26). The third-order valence-corrected chi connectivity index (χ3v) is 4.97. The van der Waals surface area contributed by atoms with E-state index >= 15 is 0 Å². The Morgan fingerprint density at radius 2 is 1.96 bits per heavy atom. The van der Waals surface area contributed by atoms with Crippen LogP contribution >= 0.6 is 0 Å². The van der Waals surface area contributed by atoms with Crippen molar-refractivity contribution in [3.05, 3.63) is 64.9 Å². The minimum Gasteiger partial charge on any atom is -0.466 e. The molecule has 0 bridgehead atoms. The van der Waals surface area contributed by atoms with Crippen molar-refractivity contribution in [1.82, 2.24) is 0 Å². The van der Waals surface area contributed by atoms with Gasteiger partial charge in [0, 0.05) is 22.6 Å². The second-order valence-electron chi connectivity index (χ2n) is 7.23. The van der Waals surface area contributed by atoms with E-state index < -0.39 is 0 Å². The van der Waals surface area contributed by atoms with E-state index in [1.54, 1.807) is 13.0 Å². The first-order valence-electron chi connectivity index (χ1n) is 9.64. The van der Waals surface area contributed by atoms with E-state index in [0.717, 1.165) is 27.9 Å². The normalized spacial score (nSPS) is 13.5. The molecule has 0 saturated heterocycles. The molecule has 0 aliphatic heterocycles. The van der Waals surface area contributed by atoms with Gasteiger partial charge < -0.3 is 14.5 Å². The van der Waals surface area contributed by atoms with Gasteiger partial charge in [0.2, 0.25) is 0 Å². The highest BCUT2D eigenvalue weighted by Gasteiger charge is 2.27. The second-order valence-corrected chi connectivity index (χ2v) is 7.23. The summed E-state index contributed by atoms with van der Waals surface area (Å²) in [4.78, 5) is 24.7. The van der Waals surface area contributed by atoms with Gasteiger partial charge in [0.15, 0.2) is 0 Å². The molecule has 1 aliphatic rings. The largest absolute Gasteiger partial charge is 0.466 e. The van der Waals surface area contributed by atoms with Crippen molar-refractivity contribution in [1.29, 1.82) is 0 Å². The monoisotopic (exact) mass is 377 g/mol. The molecular formula is C23H23NO4. The minimum atomic E-state index is -0.313. The van der Waals surface area contributed by atoms with Gasteiger partial charge in [-0.3, -0.25) is 9.59 Å². The molecular weight excluding hydrogens is 354 g/mol. The lowest BCUT2D eigenvalue weighted by molar-refractivity contribution is -0.142. The Bertz CT molecular complexity index is 1050. The van der Waals surface area contributed by atoms with Crippen LogP contribution in [0.1, 0.15) is 52.9 Å². The molecule has 1 fully saturated rings. The Morgan fingerprint density at radius 1 is 1.18 bits per heavy atom. The molecule has 1 saturated carbocycles. The maximum Gasteiger partial charge on any atom is 0.310 e. The average molecular weight is 377 g/mol. The number of para-hydroxylation sites is 1. The molecule has 28 heavy (non-hydrogen) atoms. The summed E-state index contributed by atoms with van der Waals surface area (Å²) in [6.45, 7) is 4.06. The molecule has 1 aliphatic carbocycles. The minimum absolute atomic E-state index is 0.120. The van der Waals surface area contributed by atoms with Gasteiger partial charge in [-0.1, -0.05) is 18.2 Å². The third kappa shape index (κ3) is 3.79. The van der Waals surface area contributed by atoms with Crippen LogP contribution in [0.25, 0.3) is 11.0 Å². The molecule has 5 heteroatoms. The van der Waals surface area contributed by atoms with Gasteiger partial charge in [-0.05, 0) is 62.1 Å². The quantitative estimate of drug-likeness (QED) is 0.615. The van der Waals surface area contributed by atoms with Crippen molar-refractivity contribution in [3.8, 4) is 0 Å². The molecule has 4 rings (SSSR count). The average Bonchev–Trinajstić information content (AvgIpc) is 3.42. The fourth-order valence-electron chi connectivity index (χ4n) is 3.41. The SMILES string of the molecule is CCOC(=O)Cc1ccccc1NC(=O)c1cc(C)c2oc(C3CC3)cc2c1. The first-order valence-corrected chi connectivity index (χ1v) is 9.64. The zero-order valence-corrected chi connectivity index (χ0v) is 16.1. The third-order valence-electron chi connectivity index (χ3n) is 4.97. The Balaban J connectivity index is 1.58. The summed E-state index contributed by atoms with van der Waals surface area (Å²) >= 11 is 0. The molecule has 5 nitrogen and oxygen atoms in total. The first kappa shape index (κ1) is 18.3. The Morgan fingerprint density at radius 3 is 2.71 bits per heavy atom. The first-order chi connectivity index (χ1) is 13.5. The van der Waals surface area contributed by atoms with Gasteiger partial charge in [0.1, 0.15) is 11.3 Å². The summed E-state index contributed by atoms with van der Waals surface area (Å²) < 4.78 is 11.0. The van der Waals surface area contributed by atoms with E-state index in [2.05, 4.69) is 5.32 Å². The van der Waals surface area contributed by atoms with Crippen LogP contribution in [-0.2, 0) is 16.0 Å². The Kier molecular flexibility index (Phi) is 4.90. The van der Waals surface area contributed by atoms with Crippen LogP contribution in [0, 0.1) is 6.92 Å². The number of carbonyl (C=O) groups is 2. The van der Waals surface area contributed by atoms with Crippen LogP contribution in [0.2, 0.25) is 0 Å². The number of anilines is 1. The predicted octanol–water partition coefficient (Wildman–Crippen LogP) is 4.98. The molecule has 2 aromatic carbocycles. The van der Waals surface area contributed by atoms with Crippen molar-refractivity contribution in [2.24, 2.45) is 0 Å². The highest BCUT2D eigenvalue weighted by atomic mass is 16.5. The Labute approximate surface area is 163 Å². The molecule has 0 unspecified atom stereocenters.